The van der Waals surface area contributed by atoms with Crippen molar-refractivity contribution in [2.75, 3.05) is 20.2 Å². The van der Waals surface area contributed by atoms with Gasteiger partial charge in [0.15, 0.2) is 6.10 Å². The van der Waals surface area contributed by atoms with Crippen LogP contribution >= 0.6 is 11.3 Å². The number of fused-ring (bicyclic) bond motifs is 1. The lowest BCUT2D eigenvalue weighted by Crippen LogP contribution is -2.46. The first-order valence-corrected chi connectivity index (χ1v) is 6.83. The van der Waals surface area contributed by atoms with Crippen molar-refractivity contribution < 1.29 is 19.4 Å². The van der Waals surface area contributed by atoms with E-state index in [2.05, 4.69) is 5.32 Å². The highest BCUT2D eigenvalue weighted by Gasteiger charge is 2.23. The number of aliphatic carboxylic acids is 1. The van der Waals surface area contributed by atoms with Gasteiger partial charge in [-0.25, -0.2) is 9.59 Å². The van der Waals surface area contributed by atoms with E-state index < -0.39 is 12.1 Å². The lowest BCUT2D eigenvalue weighted by Gasteiger charge is -2.27. The van der Waals surface area contributed by atoms with Crippen molar-refractivity contribution >= 4 is 23.3 Å². The van der Waals surface area contributed by atoms with Crippen molar-refractivity contribution in [3.05, 3.63) is 21.9 Å². The fraction of sp³-hybridized carbons (Fsp3) is 0.500. The maximum absolute atomic E-state index is 11.9. The zero-order valence-corrected chi connectivity index (χ0v) is 11.4. The SMILES string of the molecule is COC(CNC(=O)N1CCc2sccc2C1)C(=O)O. The first kappa shape index (κ1) is 13.8. The van der Waals surface area contributed by atoms with Crippen LogP contribution in [0.25, 0.3) is 0 Å². The molecule has 0 radical (unpaired) electrons. The molecule has 19 heavy (non-hydrogen) atoms. The van der Waals surface area contributed by atoms with Crippen molar-refractivity contribution in [1.29, 1.82) is 0 Å². The Kier molecular flexibility index (Phi) is 4.39. The number of carboxylic acids is 1. The number of amides is 2. The monoisotopic (exact) mass is 284 g/mol. The fourth-order valence-corrected chi connectivity index (χ4v) is 2.87. The number of hydrogen-bond donors (Lipinski definition) is 2. The molecule has 1 atom stereocenters. The first-order chi connectivity index (χ1) is 9.11. The topological polar surface area (TPSA) is 78.9 Å². The number of nitrogens with zero attached hydrogens (tertiary/aromatic N) is 1. The van der Waals surface area contributed by atoms with Crippen molar-refractivity contribution in [3.63, 3.8) is 0 Å². The van der Waals surface area contributed by atoms with Crippen LogP contribution in [0.3, 0.4) is 0 Å². The standard InChI is InChI=1S/C12H16N2O4S/c1-18-9(11(15)16)6-13-12(17)14-4-2-10-8(7-14)3-5-19-10/h3,5,9H,2,4,6-7H2,1H3,(H,13,17)(H,15,16). The number of nitrogens with one attached hydrogen (secondary N) is 1. The van der Waals surface area contributed by atoms with E-state index >= 15 is 0 Å². The van der Waals surface area contributed by atoms with Crippen LogP contribution in [0.1, 0.15) is 10.4 Å². The maximum atomic E-state index is 11.9. The highest BCUT2D eigenvalue weighted by molar-refractivity contribution is 7.10. The number of carbonyl (C=O) groups is 2. The summed E-state index contributed by atoms with van der Waals surface area (Å²) in [5.74, 6) is -1.08. The van der Waals surface area contributed by atoms with Crippen LogP contribution in [0.15, 0.2) is 11.4 Å². The number of thiophene rings is 1. The minimum absolute atomic E-state index is 0.0301. The maximum Gasteiger partial charge on any atom is 0.334 e. The van der Waals surface area contributed by atoms with Crippen LogP contribution in [-0.2, 0) is 22.5 Å². The van der Waals surface area contributed by atoms with E-state index in [0.717, 1.165) is 6.42 Å². The molecule has 6 nitrogen and oxygen atoms in total. The summed E-state index contributed by atoms with van der Waals surface area (Å²) in [5, 5.41) is 13.4. The van der Waals surface area contributed by atoms with Gasteiger partial charge in [-0.1, -0.05) is 0 Å². The van der Waals surface area contributed by atoms with Gasteiger partial charge in [0.25, 0.3) is 0 Å². The van der Waals surface area contributed by atoms with Crippen LogP contribution in [-0.4, -0.2) is 48.3 Å². The molecule has 1 unspecified atom stereocenters. The van der Waals surface area contributed by atoms with Crippen LogP contribution in [0.5, 0.6) is 0 Å². The predicted molar refractivity (Wildman–Crippen MR) is 70.3 cm³/mol. The molecule has 0 bridgehead atoms. The zero-order chi connectivity index (χ0) is 13.8. The predicted octanol–water partition coefficient (Wildman–Crippen LogP) is 0.915. The van der Waals surface area contributed by atoms with E-state index in [9.17, 15) is 9.59 Å². The molecule has 0 spiro atoms. The van der Waals surface area contributed by atoms with Crippen LogP contribution in [0.2, 0.25) is 0 Å². The quantitative estimate of drug-likeness (QED) is 0.861. The van der Waals surface area contributed by atoms with Crippen LogP contribution in [0.4, 0.5) is 4.79 Å². The minimum Gasteiger partial charge on any atom is -0.479 e. The molecule has 0 aromatic carbocycles. The van der Waals surface area contributed by atoms with Gasteiger partial charge in [-0.15, -0.1) is 11.3 Å². The van der Waals surface area contributed by atoms with Gasteiger partial charge in [0.1, 0.15) is 0 Å². The molecule has 0 fully saturated rings. The smallest absolute Gasteiger partial charge is 0.334 e. The van der Waals surface area contributed by atoms with E-state index in [4.69, 9.17) is 9.84 Å². The molecular weight excluding hydrogens is 268 g/mol. The molecule has 2 rings (SSSR count). The van der Waals surface area contributed by atoms with E-state index in [1.54, 1.807) is 16.2 Å². The Morgan fingerprint density at radius 3 is 3.11 bits per heavy atom. The largest absolute Gasteiger partial charge is 0.479 e. The Hall–Kier alpha value is -1.60. The molecule has 0 saturated heterocycles. The van der Waals surface area contributed by atoms with Crippen LogP contribution in [0, 0.1) is 0 Å². The van der Waals surface area contributed by atoms with Crippen molar-refractivity contribution in [1.82, 2.24) is 10.2 Å². The number of carboxylic acid groups (broad SMARTS) is 1. The molecule has 1 aromatic heterocycles. The summed E-state index contributed by atoms with van der Waals surface area (Å²) in [6.45, 7) is 1.21. The lowest BCUT2D eigenvalue weighted by atomic mass is 10.1. The Morgan fingerprint density at radius 2 is 2.42 bits per heavy atom. The van der Waals surface area contributed by atoms with E-state index in [1.165, 1.54) is 17.6 Å². The molecular formula is C12H16N2O4S. The average Bonchev–Trinajstić information content (AvgIpc) is 2.85. The van der Waals surface area contributed by atoms with E-state index in [-0.39, 0.29) is 12.6 Å². The Morgan fingerprint density at radius 1 is 1.63 bits per heavy atom. The summed E-state index contributed by atoms with van der Waals surface area (Å²) < 4.78 is 4.76. The fourth-order valence-electron chi connectivity index (χ4n) is 1.99. The highest BCUT2D eigenvalue weighted by atomic mass is 32.1. The van der Waals surface area contributed by atoms with Crippen LogP contribution < -0.4 is 5.32 Å². The molecule has 7 heteroatoms. The third-order valence-electron chi connectivity index (χ3n) is 3.09. The van der Waals surface area contributed by atoms with E-state index in [1.807, 2.05) is 11.4 Å². The number of methoxy groups -OCH3 is 1. The Labute approximate surface area is 115 Å². The highest BCUT2D eigenvalue weighted by Crippen LogP contribution is 2.23. The van der Waals surface area contributed by atoms with Gasteiger partial charge < -0.3 is 20.1 Å². The van der Waals surface area contributed by atoms with Gasteiger partial charge >= 0.3 is 12.0 Å². The first-order valence-electron chi connectivity index (χ1n) is 5.95. The van der Waals surface area contributed by atoms with Gasteiger partial charge in [-0.05, 0) is 23.4 Å². The molecule has 1 aromatic rings. The van der Waals surface area contributed by atoms with Gasteiger partial charge in [0.05, 0.1) is 6.54 Å². The Balaban J connectivity index is 1.86. The van der Waals surface area contributed by atoms with Gasteiger partial charge in [-0.3, -0.25) is 0 Å². The lowest BCUT2D eigenvalue weighted by molar-refractivity contribution is -0.148. The number of urea groups is 1. The summed E-state index contributed by atoms with van der Waals surface area (Å²) in [7, 11) is 1.31. The molecule has 1 aliphatic rings. The van der Waals surface area contributed by atoms with Crippen molar-refractivity contribution in [2.24, 2.45) is 0 Å². The minimum atomic E-state index is -1.08. The van der Waals surface area contributed by atoms with Gasteiger partial charge in [0, 0.05) is 25.1 Å². The molecule has 2 amide bonds. The third-order valence-corrected chi connectivity index (χ3v) is 4.12. The molecule has 0 saturated carbocycles. The normalized spacial score (nSPS) is 15.7. The summed E-state index contributed by atoms with van der Waals surface area (Å²) in [6.07, 6.45) is -0.155. The molecule has 1 aliphatic heterocycles. The number of rotatable bonds is 4. The Bertz CT molecular complexity index is 474. The zero-order valence-electron chi connectivity index (χ0n) is 10.6. The second kappa shape index (κ2) is 6.03. The summed E-state index contributed by atoms with van der Waals surface area (Å²) in [4.78, 5) is 25.7. The molecule has 0 aliphatic carbocycles. The number of hydrogen-bond acceptors (Lipinski definition) is 4. The average molecular weight is 284 g/mol. The molecule has 104 valence electrons. The second-order valence-electron chi connectivity index (χ2n) is 4.29. The van der Waals surface area contributed by atoms with Crippen molar-refractivity contribution in [2.45, 2.75) is 19.1 Å². The van der Waals surface area contributed by atoms with Gasteiger partial charge in [-0.2, -0.15) is 0 Å². The number of carbonyl (C=O) groups excluding carboxylic acids is 1. The number of ether oxygens (including phenoxy) is 1. The molecule has 2 heterocycles. The third kappa shape index (κ3) is 3.24. The summed E-state index contributed by atoms with van der Waals surface area (Å²) in [6, 6.07) is 1.77. The van der Waals surface area contributed by atoms with Crippen molar-refractivity contribution in [3.8, 4) is 0 Å². The molecule has 2 N–H and O–H groups in total. The van der Waals surface area contributed by atoms with Gasteiger partial charge in [0.2, 0.25) is 0 Å². The summed E-state index contributed by atoms with van der Waals surface area (Å²) in [5.41, 5.74) is 1.17. The van der Waals surface area contributed by atoms with E-state index in [0.29, 0.717) is 13.1 Å². The second-order valence-corrected chi connectivity index (χ2v) is 5.29. The summed E-state index contributed by atoms with van der Waals surface area (Å²) >= 11 is 1.71.